The van der Waals surface area contributed by atoms with E-state index >= 15 is 0 Å². The molecule has 2 fully saturated rings. The SMILES string of the molecule is c1sc(C2CCCCC2)nc1CSc1nnnn1CC1CCCO1. The van der Waals surface area contributed by atoms with E-state index in [1.165, 1.54) is 37.1 Å². The van der Waals surface area contributed by atoms with Crippen molar-refractivity contribution in [1.82, 2.24) is 25.2 Å². The molecule has 2 aliphatic rings. The molecular weight excluding hydrogens is 342 g/mol. The molecule has 0 N–H and O–H groups in total. The molecule has 0 spiro atoms. The summed E-state index contributed by atoms with van der Waals surface area (Å²) in [6.07, 6.45) is 9.19. The molecule has 0 amide bonds. The van der Waals surface area contributed by atoms with Crippen molar-refractivity contribution in [2.75, 3.05) is 6.61 Å². The largest absolute Gasteiger partial charge is 0.376 e. The zero-order chi connectivity index (χ0) is 16.2. The Morgan fingerprint density at radius 3 is 2.96 bits per heavy atom. The van der Waals surface area contributed by atoms with E-state index in [4.69, 9.17) is 9.72 Å². The van der Waals surface area contributed by atoms with E-state index in [0.29, 0.717) is 5.92 Å². The number of hydrogen-bond acceptors (Lipinski definition) is 7. The van der Waals surface area contributed by atoms with Crippen LogP contribution in [0.15, 0.2) is 10.5 Å². The second kappa shape index (κ2) is 7.93. The lowest BCUT2D eigenvalue weighted by Crippen LogP contribution is -2.16. The zero-order valence-corrected chi connectivity index (χ0v) is 15.4. The summed E-state index contributed by atoms with van der Waals surface area (Å²) >= 11 is 3.49. The molecule has 2 aromatic rings. The van der Waals surface area contributed by atoms with Crippen LogP contribution in [0.25, 0.3) is 0 Å². The molecule has 8 heteroatoms. The van der Waals surface area contributed by atoms with Gasteiger partial charge < -0.3 is 4.74 Å². The minimum atomic E-state index is 0.255. The van der Waals surface area contributed by atoms with Gasteiger partial charge in [0, 0.05) is 23.7 Å². The van der Waals surface area contributed by atoms with Gasteiger partial charge in [-0.2, -0.15) is 0 Å². The van der Waals surface area contributed by atoms with E-state index in [1.807, 2.05) is 16.0 Å². The first kappa shape index (κ1) is 16.5. The van der Waals surface area contributed by atoms with Crippen molar-refractivity contribution >= 4 is 23.1 Å². The summed E-state index contributed by atoms with van der Waals surface area (Å²) in [5, 5.41) is 16.5. The van der Waals surface area contributed by atoms with E-state index in [0.717, 1.165) is 42.6 Å². The first-order valence-corrected chi connectivity index (χ1v) is 10.7. The molecule has 24 heavy (non-hydrogen) atoms. The smallest absolute Gasteiger partial charge is 0.209 e. The maximum absolute atomic E-state index is 5.68. The van der Waals surface area contributed by atoms with Crippen molar-refractivity contribution in [2.45, 2.75) is 74.4 Å². The molecule has 1 aliphatic heterocycles. The minimum Gasteiger partial charge on any atom is -0.376 e. The van der Waals surface area contributed by atoms with Gasteiger partial charge >= 0.3 is 0 Å². The van der Waals surface area contributed by atoms with Crippen molar-refractivity contribution in [3.8, 4) is 0 Å². The van der Waals surface area contributed by atoms with Crippen LogP contribution in [0, 0.1) is 0 Å². The van der Waals surface area contributed by atoms with Gasteiger partial charge in [-0.3, -0.25) is 0 Å². The number of aromatic nitrogens is 5. The Labute approximate surface area is 150 Å². The summed E-state index contributed by atoms with van der Waals surface area (Å²) in [6, 6.07) is 0. The van der Waals surface area contributed by atoms with Crippen molar-refractivity contribution in [1.29, 1.82) is 0 Å². The lowest BCUT2D eigenvalue weighted by molar-refractivity contribution is 0.0912. The van der Waals surface area contributed by atoms with Crippen LogP contribution >= 0.6 is 23.1 Å². The lowest BCUT2D eigenvalue weighted by atomic mass is 9.90. The van der Waals surface area contributed by atoms with Crippen molar-refractivity contribution in [2.24, 2.45) is 0 Å². The molecular formula is C16H23N5OS2. The molecule has 2 aromatic heterocycles. The number of nitrogens with zero attached hydrogens (tertiary/aromatic N) is 5. The fourth-order valence-electron chi connectivity index (χ4n) is 3.46. The Balaban J connectivity index is 1.33. The van der Waals surface area contributed by atoms with Gasteiger partial charge in [0.2, 0.25) is 5.16 Å². The minimum absolute atomic E-state index is 0.255. The third-order valence-electron chi connectivity index (χ3n) is 4.77. The van der Waals surface area contributed by atoms with E-state index in [2.05, 4.69) is 20.9 Å². The lowest BCUT2D eigenvalue weighted by Gasteiger charge is -2.18. The molecule has 6 nitrogen and oxygen atoms in total. The topological polar surface area (TPSA) is 65.7 Å². The highest BCUT2D eigenvalue weighted by Crippen LogP contribution is 2.35. The summed E-state index contributed by atoms with van der Waals surface area (Å²) in [7, 11) is 0. The predicted octanol–water partition coefficient (Wildman–Crippen LogP) is 3.65. The average Bonchev–Trinajstić information content (AvgIpc) is 3.37. The van der Waals surface area contributed by atoms with Crippen molar-refractivity contribution < 1.29 is 4.74 Å². The normalized spacial score (nSPS) is 22.2. The van der Waals surface area contributed by atoms with Crippen LogP contribution in [-0.4, -0.2) is 37.9 Å². The Bertz CT molecular complexity index is 646. The Morgan fingerprint density at radius 2 is 2.12 bits per heavy atom. The van der Waals surface area contributed by atoms with Crippen LogP contribution in [0.2, 0.25) is 0 Å². The van der Waals surface area contributed by atoms with E-state index in [1.54, 1.807) is 11.8 Å². The summed E-state index contributed by atoms with van der Waals surface area (Å²) in [5.74, 6) is 1.52. The first-order valence-electron chi connectivity index (χ1n) is 8.83. The van der Waals surface area contributed by atoms with Crippen LogP contribution in [0.1, 0.15) is 61.6 Å². The molecule has 4 rings (SSSR count). The van der Waals surface area contributed by atoms with Gasteiger partial charge in [-0.25, -0.2) is 9.67 Å². The molecule has 3 heterocycles. The number of ether oxygens (including phenoxy) is 1. The molecule has 1 unspecified atom stereocenters. The molecule has 1 saturated carbocycles. The highest BCUT2D eigenvalue weighted by Gasteiger charge is 2.20. The van der Waals surface area contributed by atoms with Gasteiger partial charge in [0.05, 0.1) is 23.4 Å². The fourth-order valence-corrected chi connectivity index (χ4v) is 5.34. The highest BCUT2D eigenvalue weighted by molar-refractivity contribution is 7.98. The average molecular weight is 366 g/mol. The van der Waals surface area contributed by atoms with Crippen LogP contribution < -0.4 is 0 Å². The third kappa shape index (κ3) is 3.97. The van der Waals surface area contributed by atoms with Crippen LogP contribution in [0.4, 0.5) is 0 Å². The number of thiazole rings is 1. The molecule has 1 aliphatic carbocycles. The monoisotopic (exact) mass is 365 g/mol. The third-order valence-corrected chi connectivity index (χ3v) is 6.82. The summed E-state index contributed by atoms with van der Waals surface area (Å²) < 4.78 is 7.55. The zero-order valence-electron chi connectivity index (χ0n) is 13.8. The molecule has 130 valence electrons. The van der Waals surface area contributed by atoms with E-state index < -0.39 is 0 Å². The molecule has 1 atom stereocenters. The summed E-state index contributed by atoms with van der Waals surface area (Å²) in [5.41, 5.74) is 1.15. The Kier molecular flexibility index (Phi) is 5.44. The maximum Gasteiger partial charge on any atom is 0.209 e. The summed E-state index contributed by atoms with van der Waals surface area (Å²) in [4.78, 5) is 4.86. The molecule has 0 radical (unpaired) electrons. The standard InChI is InChI=1S/C16H23N5OS2/c1-2-5-12(6-3-1)15-17-13(10-23-15)11-24-16-18-19-20-21(16)9-14-7-4-8-22-14/h10,12,14H,1-9,11H2. The van der Waals surface area contributed by atoms with Crippen molar-refractivity contribution in [3.05, 3.63) is 16.1 Å². The van der Waals surface area contributed by atoms with Gasteiger partial charge in [-0.15, -0.1) is 16.4 Å². The molecule has 0 bridgehead atoms. The van der Waals surface area contributed by atoms with Crippen molar-refractivity contribution in [3.63, 3.8) is 0 Å². The number of hydrogen-bond donors (Lipinski definition) is 0. The predicted molar refractivity (Wildman–Crippen MR) is 94.3 cm³/mol. The second-order valence-electron chi connectivity index (χ2n) is 6.58. The van der Waals surface area contributed by atoms with Gasteiger partial charge in [-0.05, 0) is 36.1 Å². The quantitative estimate of drug-likeness (QED) is 0.728. The van der Waals surface area contributed by atoms with Gasteiger partial charge in [-0.1, -0.05) is 31.0 Å². The molecule has 0 aromatic carbocycles. The van der Waals surface area contributed by atoms with Crippen LogP contribution in [-0.2, 0) is 17.0 Å². The Hall–Kier alpha value is -0.990. The number of tetrazole rings is 1. The van der Waals surface area contributed by atoms with Gasteiger partial charge in [0.1, 0.15) is 0 Å². The highest BCUT2D eigenvalue weighted by atomic mass is 32.2. The second-order valence-corrected chi connectivity index (χ2v) is 8.41. The number of thioether (sulfide) groups is 1. The Morgan fingerprint density at radius 1 is 1.21 bits per heavy atom. The van der Waals surface area contributed by atoms with E-state index in [9.17, 15) is 0 Å². The summed E-state index contributed by atoms with van der Waals surface area (Å²) in [6.45, 7) is 1.61. The molecule has 1 saturated heterocycles. The number of rotatable bonds is 6. The first-order chi connectivity index (χ1) is 11.9. The van der Waals surface area contributed by atoms with E-state index in [-0.39, 0.29) is 6.10 Å². The van der Waals surface area contributed by atoms with Gasteiger partial charge in [0.25, 0.3) is 0 Å². The fraction of sp³-hybridized carbons (Fsp3) is 0.750. The van der Waals surface area contributed by atoms with Gasteiger partial charge in [0.15, 0.2) is 0 Å². The van der Waals surface area contributed by atoms with Crippen LogP contribution in [0.5, 0.6) is 0 Å². The van der Waals surface area contributed by atoms with Crippen LogP contribution in [0.3, 0.4) is 0 Å². The maximum atomic E-state index is 5.68.